The van der Waals surface area contributed by atoms with Gasteiger partial charge in [0.1, 0.15) is 18.1 Å². The number of thiocarbonyl (C=S) groups is 1. The highest BCUT2D eigenvalue weighted by Crippen LogP contribution is 2.21. The van der Waals surface area contributed by atoms with E-state index < -0.39 is 0 Å². The van der Waals surface area contributed by atoms with E-state index >= 15 is 0 Å². The van der Waals surface area contributed by atoms with Crippen molar-refractivity contribution in [3.05, 3.63) is 59.7 Å². The van der Waals surface area contributed by atoms with Gasteiger partial charge in [-0.3, -0.25) is 5.43 Å². The molecule has 0 aliphatic carbocycles. The number of nitrogens with two attached hydrogens (primary N) is 1. The lowest BCUT2D eigenvalue weighted by molar-refractivity contribution is 0.296. The first-order chi connectivity index (χ1) is 10.7. The molecule has 0 saturated carbocycles. The molecule has 0 atom stereocenters. The molecule has 114 valence electrons. The average molecular weight is 315 g/mol. The second-order valence-corrected chi connectivity index (χ2v) is 4.85. The predicted molar refractivity (Wildman–Crippen MR) is 91.3 cm³/mol. The summed E-state index contributed by atoms with van der Waals surface area (Å²) in [5, 5.41) is 4.06. The van der Waals surface area contributed by atoms with Crippen molar-refractivity contribution in [2.45, 2.75) is 6.61 Å². The zero-order chi connectivity index (χ0) is 15.8. The molecule has 2 rings (SSSR count). The van der Waals surface area contributed by atoms with E-state index in [9.17, 15) is 0 Å². The molecule has 2 aromatic carbocycles. The molecule has 6 heteroatoms. The fourth-order valence-corrected chi connectivity index (χ4v) is 1.89. The summed E-state index contributed by atoms with van der Waals surface area (Å²) in [6.07, 6.45) is 1.63. The lowest BCUT2D eigenvalue weighted by Gasteiger charge is -2.11. The number of hydrazone groups is 1. The fourth-order valence-electron chi connectivity index (χ4n) is 1.84. The molecule has 0 unspecified atom stereocenters. The molecule has 2 aromatic rings. The molecule has 22 heavy (non-hydrogen) atoms. The summed E-state index contributed by atoms with van der Waals surface area (Å²) < 4.78 is 11.1. The van der Waals surface area contributed by atoms with Crippen molar-refractivity contribution in [2.24, 2.45) is 10.8 Å². The Morgan fingerprint density at radius 1 is 1.27 bits per heavy atom. The Kier molecular flexibility index (Phi) is 5.73. The van der Waals surface area contributed by atoms with Crippen LogP contribution in [0.25, 0.3) is 0 Å². The van der Waals surface area contributed by atoms with Gasteiger partial charge in [0, 0.05) is 5.56 Å². The third-order valence-corrected chi connectivity index (χ3v) is 2.92. The molecule has 0 aromatic heterocycles. The van der Waals surface area contributed by atoms with Crippen molar-refractivity contribution in [1.29, 1.82) is 0 Å². The average Bonchev–Trinajstić information content (AvgIpc) is 2.54. The first-order valence-corrected chi connectivity index (χ1v) is 7.03. The number of nitrogens with one attached hydrogen (secondary N) is 1. The smallest absolute Gasteiger partial charge is 0.184 e. The minimum absolute atomic E-state index is 0.123. The summed E-state index contributed by atoms with van der Waals surface area (Å²) >= 11 is 4.68. The molecular weight excluding hydrogens is 298 g/mol. The Morgan fingerprint density at radius 2 is 2.05 bits per heavy atom. The van der Waals surface area contributed by atoms with Gasteiger partial charge in [0.05, 0.1) is 13.3 Å². The van der Waals surface area contributed by atoms with Crippen LogP contribution < -0.4 is 20.6 Å². The van der Waals surface area contributed by atoms with Gasteiger partial charge in [-0.05, 0) is 48.1 Å². The predicted octanol–water partition coefficient (Wildman–Crippen LogP) is 2.44. The second-order valence-electron chi connectivity index (χ2n) is 4.41. The van der Waals surface area contributed by atoms with Gasteiger partial charge >= 0.3 is 0 Å². The number of ether oxygens (including phenoxy) is 2. The third kappa shape index (κ3) is 4.75. The third-order valence-electron chi connectivity index (χ3n) is 2.83. The van der Waals surface area contributed by atoms with Crippen molar-refractivity contribution in [1.82, 2.24) is 5.43 Å². The Morgan fingerprint density at radius 3 is 2.73 bits per heavy atom. The lowest BCUT2D eigenvalue weighted by atomic mass is 10.1. The summed E-state index contributed by atoms with van der Waals surface area (Å²) in [5.74, 6) is 1.56. The number of methoxy groups -OCH3 is 1. The second kappa shape index (κ2) is 7.99. The van der Waals surface area contributed by atoms with Crippen LogP contribution in [0.4, 0.5) is 0 Å². The number of hydrogen-bond acceptors (Lipinski definition) is 4. The summed E-state index contributed by atoms with van der Waals surface area (Å²) in [6.45, 7) is 0.400. The van der Waals surface area contributed by atoms with Gasteiger partial charge in [-0.15, -0.1) is 0 Å². The molecule has 0 bridgehead atoms. The molecule has 0 radical (unpaired) electrons. The van der Waals surface area contributed by atoms with Crippen LogP contribution in [0.1, 0.15) is 11.1 Å². The number of rotatable bonds is 6. The topological polar surface area (TPSA) is 68.9 Å². The van der Waals surface area contributed by atoms with Crippen molar-refractivity contribution in [3.63, 3.8) is 0 Å². The first kappa shape index (κ1) is 15.8. The van der Waals surface area contributed by atoms with E-state index in [1.54, 1.807) is 13.3 Å². The molecule has 0 saturated heterocycles. The van der Waals surface area contributed by atoms with Gasteiger partial charge in [-0.2, -0.15) is 5.10 Å². The molecule has 0 spiro atoms. The first-order valence-electron chi connectivity index (χ1n) is 6.62. The molecular formula is C16H17N3O2S. The Labute approximate surface area is 134 Å². The van der Waals surface area contributed by atoms with Crippen LogP contribution in [0.15, 0.2) is 53.6 Å². The van der Waals surface area contributed by atoms with Crippen LogP contribution >= 0.6 is 12.2 Å². The maximum atomic E-state index is 5.75. The number of nitrogens with zero attached hydrogens (tertiary/aromatic N) is 1. The van der Waals surface area contributed by atoms with Crippen molar-refractivity contribution in [3.8, 4) is 11.5 Å². The van der Waals surface area contributed by atoms with Crippen LogP contribution in [0, 0.1) is 0 Å². The van der Waals surface area contributed by atoms with E-state index in [1.165, 1.54) is 0 Å². The Balaban J connectivity index is 2.10. The monoisotopic (exact) mass is 315 g/mol. The summed E-state index contributed by atoms with van der Waals surface area (Å²) in [7, 11) is 1.63. The van der Waals surface area contributed by atoms with E-state index in [1.807, 2.05) is 48.5 Å². The van der Waals surface area contributed by atoms with Gasteiger partial charge in [0.15, 0.2) is 5.11 Å². The largest absolute Gasteiger partial charge is 0.496 e. The van der Waals surface area contributed by atoms with Crippen LogP contribution in [-0.4, -0.2) is 18.4 Å². The summed E-state index contributed by atoms with van der Waals surface area (Å²) in [5.41, 5.74) is 9.63. The molecule has 5 nitrogen and oxygen atoms in total. The van der Waals surface area contributed by atoms with E-state index in [0.717, 1.165) is 22.6 Å². The number of benzene rings is 2. The maximum Gasteiger partial charge on any atom is 0.184 e. The molecule has 0 fully saturated rings. The number of hydrogen-bond donors (Lipinski definition) is 2. The fraction of sp³-hybridized carbons (Fsp3) is 0.125. The zero-order valence-corrected chi connectivity index (χ0v) is 13.0. The zero-order valence-electron chi connectivity index (χ0n) is 12.2. The molecule has 0 aliphatic heterocycles. The van der Waals surface area contributed by atoms with Crippen molar-refractivity contribution >= 4 is 23.5 Å². The van der Waals surface area contributed by atoms with Gasteiger partial charge in [-0.1, -0.05) is 18.2 Å². The Hall–Kier alpha value is -2.60. The molecule has 0 amide bonds. The molecule has 0 aliphatic rings. The summed E-state index contributed by atoms with van der Waals surface area (Å²) in [4.78, 5) is 0. The quantitative estimate of drug-likeness (QED) is 0.487. The van der Waals surface area contributed by atoms with Crippen molar-refractivity contribution < 1.29 is 9.47 Å². The van der Waals surface area contributed by atoms with Gasteiger partial charge < -0.3 is 15.2 Å². The van der Waals surface area contributed by atoms with Crippen LogP contribution in [0.3, 0.4) is 0 Å². The molecule has 0 heterocycles. The van der Waals surface area contributed by atoms with Crippen LogP contribution in [-0.2, 0) is 6.61 Å². The highest BCUT2D eigenvalue weighted by atomic mass is 32.1. The van der Waals surface area contributed by atoms with Crippen molar-refractivity contribution in [2.75, 3.05) is 7.11 Å². The lowest BCUT2D eigenvalue weighted by Crippen LogP contribution is -2.24. The minimum Gasteiger partial charge on any atom is -0.496 e. The highest BCUT2D eigenvalue weighted by Gasteiger charge is 2.05. The van der Waals surface area contributed by atoms with Gasteiger partial charge in [0.25, 0.3) is 0 Å². The standard InChI is InChI=1S/C16H17N3O2S/c1-20-15-8-7-12(10-18-19-16(17)22)9-13(15)11-21-14-5-3-2-4-6-14/h2-10H,11H2,1H3,(H3,17,19,22). The van der Waals surface area contributed by atoms with Gasteiger partial charge in [0.2, 0.25) is 0 Å². The van der Waals surface area contributed by atoms with E-state index in [4.69, 9.17) is 15.2 Å². The normalized spacial score (nSPS) is 10.4. The van der Waals surface area contributed by atoms with Crippen LogP contribution in [0.2, 0.25) is 0 Å². The van der Waals surface area contributed by atoms with Crippen LogP contribution in [0.5, 0.6) is 11.5 Å². The SMILES string of the molecule is COc1ccc(C=NNC(N)=S)cc1COc1ccccc1. The van der Waals surface area contributed by atoms with Gasteiger partial charge in [-0.25, -0.2) is 0 Å². The summed E-state index contributed by atoms with van der Waals surface area (Å²) in [6, 6.07) is 15.3. The van der Waals surface area contributed by atoms with E-state index in [-0.39, 0.29) is 5.11 Å². The van der Waals surface area contributed by atoms with E-state index in [2.05, 4.69) is 22.7 Å². The van der Waals surface area contributed by atoms with E-state index in [0.29, 0.717) is 6.61 Å². The highest BCUT2D eigenvalue weighted by molar-refractivity contribution is 7.80. The number of para-hydroxylation sites is 1. The Bertz CT molecular complexity index is 660. The minimum atomic E-state index is 0.123. The maximum absolute atomic E-state index is 5.75. The molecule has 3 N–H and O–H groups in total.